The molecule has 0 aromatic carbocycles. The van der Waals surface area contributed by atoms with E-state index in [9.17, 15) is 0 Å². The second-order valence-corrected chi connectivity index (χ2v) is 4.99. The number of hydrogen-bond donors (Lipinski definition) is 1. The van der Waals surface area contributed by atoms with Crippen molar-refractivity contribution < 1.29 is 4.42 Å². The van der Waals surface area contributed by atoms with E-state index in [0.717, 1.165) is 18.1 Å². The van der Waals surface area contributed by atoms with Gasteiger partial charge in [-0.2, -0.15) is 0 Å². The molecule has 0 spiro atoms. The summed E-state index contributed by atoms with van der Waals surface area (Å²) in [6.07, 6.45) is 6.72. The molecule has 0 unspecified atom stereocenters. The summed E-state index contributed by atoms with van der Waals surface area (Å²) >= 11 is 0. The van der Waals surface area contributed by atoms with E-state index in [0.29, 0.717) is 5.54 Å². The van der Waals surface area contributed by atoms with Gasteiger partial charge in [0.1, 0.15) is 11.5 Å². The highest BCUT2D eigenvalue weighted by Gasteiger charge is 2.25. The summed E-state index contributed by atoms with van der Waals surface area (Å²) in [5.74, 6) is 2.06. The summed E-state index contributed by atoms with van der Waals surface area (Å²) in [5.41, 5.74) is 0.332. The van der Waals surface area contributed by atoms with Crippen molar-refractivity contribution in [1.29, 1.82) is 0 Å². The maximum atomic E-state index is 5.56. The van der Waals surface area contributed by atoms with Crippen LogP contribution in [0.5, 0.6) is 0 Å². The molecule has 0 amide bonds. The van der Waals surface area contributed by atoms with Gasteiger partial charge in [-0.3, -0.25) is 0 Å². The van der Waals surface area contributed by atoms with Gasteiger partial charge >= 0.3 is 0 Å². The number of furan rings is 1. The quantitative estimate of drug-likeness (QED) is 0.821. The van der Waals surface area contributed by atoms with E-state index >= 15 is 0 Å². The largest absolute Gasteiger partial charge is 0.465 e. The van der Waals surface area contributed by atoms with E-state index in [1.807, 2.05) is 13.0 Å². The number of rotatable bonds is 3. The summed E-state index contributed by atoms with van der Waals surface area (Å²) in [4.78, 5) is 0. The van der Waals surface area contributed by atoms with Crippen molar-refractivity contribution in [3.8, 4) is 0 Å². The van der Waals surface area contributed by atoms with Crippen LogP contribution >= 0.6 is 0 Å². The van der Waals surface area contributed by atoms with Gasteiger partial charge in [-0.25, -0.2) is 0 Å². The molecule has 1 heterocycles. The Bertz CT molecular complexity index is 310. The second-order valence-electron chi connectivity index (χ2n) is 4.99. The zero-order valence-electron chi connectivity index (χ0n) is 9.81. The smallest absolute Gasteiger partial charge is 0.117 e. The van der Waals surface area contributed by atoms with Crippen LogP contribution in [0.2, 0.25) is 0 Å². The summed E-state index contributed by atoms with van der Waals surface area (Å²) in [6.45, 7) is 5.19. The Morgan fingerprint density at radius 3 is 2.60 bits per heavy atom. The van der Waals surface area contributed by atoms with Crippen LogP contribution in [0, 0.1) is 6.92 Å². The SMILES string of the molecule is Cc1ccc(CNC2(C)CCCCC2)o1. The number of nitrogens with one attached hydrogen (secondary N) is 1. The van der Waals surface area contributed by atoms with Crippen molar-refractivity contribution in [1.82, 2.24) is 5.32 Å². The van der Waals surface area contributed by atoms with Crippen LogP contribution < -0.4 is 5.32 Å². The summed E-state index contributed by atoms with van der Waals surface area (Å²) < 4.78 is 5.56. The number of aryl methyl sites for hydroxylation is 1. The molecule has 1 saturated carbocycles. The highest BCUT2D eigenvalue weighted by molar-refractivity contribution is 5.05. The molecule has 2 heteroatoms. The first-order chi connectivity index (χ1) is 7.18. The van der Waals surface area contributed by atoms with Crippen LogP contribution in [-0.2, 0) is 6.54 Å². The van der Waals surface area contributed by atoms with Crippen LogP contribution in [0.1, 0.15) is 50.5 Å². The predicted molar refractivity (Wildman–Crippen MR) is 61.8 cm³/mol. The molecule has 1 N–H and O–H groups in total. The Hall–Kier alpha value is -0.760. The zero-order chi connectivity index (χ0) is 10.7. The highest BCUT2D eigenvalue weighted by Crippen LogP contribution is 2.27. The normalized spacial score (nSPS) is 20.4. The Labute approximate surface area is 92.1 Å². The molecule has 1 aliphatic rings. The lowest BCUT2D eigenvalue weighted by molar-refractivity contribution is 0.245. The van der Waals surface area contributed by atoms with E-state index in [2.05, 4.69) is 18.3 Å². The Balaban J connectivity index is 1.86. The summed E-state index contributed by atoms with van der Waals surface area (Å²) in [5, 5.41) is 3.63. The molecule has 2 nitrogen and oxygen atoms in total. The van der Waals surface area contributed by atoms with Crippen LogP contribution in [0.3, 0.4) is 0 Å². The van der Waals surface area contributed by atoms with Gasteiger partial charge in [0.15, 0.2) is 0 Å². The first-order valence-electron chi connectivity index (χ1n) is 5.98. The van der Waals surface area contributed by atoms with E-state index < -0.39 is 0 Å². The molecule has 1 aliphatic carbocycles. The lowest BCUT2D eigenvalue weighted by Crippen LogP contribution is -2.43. The monoisotopic (exact) mass is 207 g/mol. The van der Waals surface area contributed by atoms with Crippen LogP contribution in [0.4, 0.5) is 0 Å². The molecule has 0 bridgehead atoms. The van der Waals surface area contributed by atoms with Gasteiger partial charge in [0.25, 0.3) is 0 Å². The van der Waals surface area contributed by atoms with Gasteiger partial charge < -0.3 is 9.73 Å². The van der Waals surface area contributed by atoms with E-state index in [4.69, 9.17) is 4.42 Å². The lowest BCUT2D eigenvalue weighted by Gasteiger charge is -2.34. The molecule has 1 aromatic heterocycles. The fourth-order valence-electron chi connectivity index (χ4n) is 2.39. The van der Waals surface area contributed by atoms with Gasteiger partial charge in [0.2, 0.25) is 0 Å². The topological polar surface area (TPSA) is 25.2 Å². The Morgan fingerprint density at radius 2 is 2.00 bits per heavy atom. The average molecular weight is 207 g/mol. The standard InChI is InChI=1S/C13H21NO/c1-11-6-7-12(15-11)10-14-13(2)8-4-3-5-9-13/h6-7,14H,3-5,8-10H2,1-2H3. The minimum absolute atomic E-state index is 0.332. The van der Waals surface area contributed by atoms with Crippen LogP contribution in [0.15, 0.2) is 16.5 Å². The Morgan fingerprint density at radius 1 is 1.27 bits per heavy atom. The van der Waals surface area contributed by atoms with E-state index in [1.54, 1.807) is 0 Å². The van der Waals surface area contributed by atoms with Crippen molar-refractivity contribution in [2.75, 3.05) is 0 Å². The molecule has 1 fully saturated rings. The molecule has 0 atom stereocenters. The first kappa shape index (κ1) is 10.7. The summed E-state index contributed by atoms with van der Waals surface area (Å²) in [6, 6.07) is 4.09. The summed E-state index contributed by atoms with van der Waals surface area (Å²) in [7, 11) is 0. The van der Waals surface area contributed by atoms with Crippen molar-refractivity contribution in [2.24, 2.45) is 0 Å². The number of hydrogen-bond acceptors (Lipinski definition) is 2. The van der Waals surface area contributed by atoms with E-state index in [-0.39, 0.29) is 0 Å². The maximum Gasteiger partial charge on any atom is 0.117 e. The molecular weight excluding hydrogens is 186 g/mol. The van der Waals surface area contributed by atoms with Crippen molar-refractivity contribution in [3.63, 3.8) is 0 Å². The third-order valence-corrected chi connectivity index (χ3v) is 3.44. The second kappa shape index (κ2) is 4.40. The molecule has 0 saturated heterocycles. The maximum absolute atomic E-state index is 5.56. The predicted octanol–water partition coefficient (Wildman–Crippen LogP) is 3.40. The fourth-order valence-corrected chi connectivity index (χ4v) is 2.39. The molecular formula is C13H21NO. The highest BCUT2D eigenvalue weighted by atomic mass is 16.3. The van der Waals surface area contributed by atoms with Gasteiger partial charge in [-0.1, -0.05) is 19.3 Å². The average Bonchev–Trinajstić information content (AvgIpc) is 2.63. The third-order valence-electron chi connectivity index (χ3n) is 3.44. The van der Waals surface area contributed by atoms with Crippen molar-refractivity contribution in [3.05, 3.63) is 23.7 Å². The van der Waals surface area contributed by atoms with Crippen molar-refractivity contribution >= 4 is 0 Å². The van der Waals surface area contributed by atoms with Gasteiger partial charge in [0, 0.05) is 5.54 Å². The first-order valence-corrected chi connectivity index (χ1v) is 5.98. The third kappa shape index (κ3) is 2.85. The van der Waals surface area contributed by atoms with Gasteiger partial charge in [0.05, 0.1) is 6.54 Å². The zero-order valence-corrected chi connectivity index (χ0v) is 9.81. The fraction of sp³-hybridized carbons (Fsp3) is 0.692. The van der Waals surface area contributed by atoms with Crippen LogP contribution in [-0.4, -0.2) is 5.54 Å². The van der Waals surface area contributed by atoms with Crippen molar-refractivity contribution in [2.45, 2.75) is 58.0 Å². The lowest BCUT2D eigenvalue weighted by atomic mass is 9.83. The Kier molecular flexibility index (Phi) is 3.15. The molecule has 0 aliphatic heterocycles. The van der Waals surface area contributed by atoms with E-state index in [1.165, 1.54) is 32.1 Å². The van der Waals surface area contributed by atoms with Gasteiger partial charge in [-0.15, -0.1) is 0 Å². The molecule has 15 heavy (non-hydrogen) atoms. The molecule has 84 valence electrons. The van der Waals surface area contributed by atoms with Gasteiger partial charge in [-0.05, 0) is 38.8 Å². The molecule has 1 aromatic rings. The molecule has 0 radical (unpaired) electrons. The minimum atomic E-state index is 0.332. The van der Waals surface area contributed by atoms with Crippen LogP contribution in [0.25, 0.3) is 0 Å². The molecule has 2 rings (SSSR count). The minimum Gasteiger partial charge on any atom is -0.465 e.